The third kappa shape index (κ3) is 8.07. The molecular weight excluding hydrogens is 522 g/mol. The Morgan fingerprint density at radius 3 is 2.08 bits per heavy atom. The van der Waals surface area contributed by atoms with Crippen LogP contribution in [-0.4, -0.2) is 50.0 Å². The summed E-state index contributed by atoms with van der Waals surface area (Å²) in [6, 6.07) is 22.5. The van der Waals surface area contributed by atoms with Crippen LogP contribution in [0.3, 0.4) is 0 Å². The molecule has 7 nitrogen and oxygen atoms in total. The van der Waals surface area contributed by atoms with E-state index in [4.69, 9.17) is 11.6 Å². The lowest BCUT2D eigenvalue weighted by Gasteiger charge is -2.34. The Morgan fingerprint density at radius 2 is 1.50 bits per heavy atom. The van der Waals surface area contributed by atoms with E-state index in [-0.39, 0.29) is 35.6 Å². The van der Waals surface area contributed by atoms with Crippen molar-refractivity contribution in [3.63, 3.8) is 0 Å². The summed E-state index contributed by atoms with van der Waals surface area (Å²) in [4.78, 5) is 28.9. The van der Waals surface area contributed by atoms with Crippen molar-refractivity contribution in [3.05, 3.63) is 101 Å². The molecule has 0 radical (unpaired) electrons. The number of benzene rings is 3. The maximum atomic E-state index is 14.0. The summed E-state index contributed by atoms with van der Waals surface area (Å²) in [5.41, 5.74) is 2.96. The SMILES string of the molecule is Cc1ccc(CN(C(=O)CN(c2ccccc2Cl)S(C)(=O)=O)[C@@H](Cc2ccccc2)C(=O)NC(C)C)cc1. The highest BCUT2D eigenvalue weighted by Gasteiger charge is 2.33. The van der Waals surface area contributed by atoms with Gasteiger partial charge in [-0.3, -0.25) is 13.9 Å². The van der Waals surface area contributed by atoms with E-state index in [1.807, 2.05) is 75.4 Å². The number of nitrogens with one attached hydrogen (secondary N) is 1. The zero-order valence-corrected chi connectivity index (χ0v) is 23.7. The van der Waals surface area contributed by atoms with E-state index in [0.717, 1.165) is 27.3 Å². The first-order valence-corrected chi connectivity index (χ1v) is 14.6. The van der Waals surface area contributed by atoms with E-state index in [9.17, 15) is 18.0 Å². The average molecular weight is 556 g/mol. The van der Waals surface area contributed by atoms with Crippen LogP contribution in [0.25, 0.3) is 0 Å². The first kappa shape index (κ1) is 29.2. The minimum absolute atomic E-state index is 0.127. The van der Waals surface area contributed by atoms with Gasteiger partial charge in [0.05, 0.1) is 17.0 Å². The van der Waals surface area contributed by atoms with Crippen LogP contribution >= 0.6 is 11.6 Å². The highest BCUT2D eigenvalue weighted by molar-refractivity contribution is 7.92. The van der Waals surface area contributed by atoms with Gasteiger partial charge >= 0.3 is 0 Å². The predicted octanol–water partition coefficient (Wildman–Crippen LogP) is 4.58. The minimum atomic E-state index is -3.87. The van der Waals surface area contributed by atoms with Gasteiger partial charge in [0.2, 0.25) is 21.8 Å². The number of nitrogens with zero attached hydrogens (tertiary/aromatic N) is 2. The van der Waals surface area contributed by atoms with Crippen LogP contribution in [0.2, 0.25) is 5.02 Å². The zero-order valence-electron chi connectivity index (χ0n) is 22.1. The van der Waals surface area contributed by atoms with E-state index in [1.165, 1.54) is 4.90 Å². The van der Waals surface area contributed by atoms with Crippen molar-refractivity contribution in [3.8, 4) is 0 Å². The molecule has 1 N–H and O–H groups in total. The summed E-state index contributed by atoms with van der Waals surface area (Å²) in [6.45, 7) is 5.30. The maximum absolute atomic E-state index is 14.0. The molecule has 202 valence electrons. The number of carbonyl (C=O) groups excluding carboxylic acids is 2. The number of amides is 2. The van der Waals surface area contributed by atoms with Crippen molar-refractivity contribution in [1.29, 1.82) is 0 Å². The van der Waals surface area contributed by atoms with Crippen LogP contribution in [0, 0.1) is 6.92 Å². The molecule has 3 rings (SSSR count). The quantitative estimate of drug-likeness (QED) is 0.375. The van der Waals surface area contributed by atoms with Crippen LogP contribution < -0.4 is 9.62 Å². The number of anilines is 1. The topological polar surface area (TPSA) is 86.8 Å². The fourth-order valence-electron chi connectivity index (χ4n) is 4.07. The van der Waals surface area contributed by atoms with E-state index in [1.54, 1.807) is 24.3 Å². The molecule has 0 heterocycles. The smallest absolute Gasteiger partial charge is 0.244 e. The van der Waals surface area contributed by atoms with E-state index < -0.39 is 28.5 Å². The van der Waals surface area contributed by atoms with Gasteiger partial charge in [-0.2, -0.15) is 0 Å². The second kappa shape index (κ2) is 12.9. The van der Waals surface area contributed by atoms with Crippen molar-refractivity contribution in [2.75, 3.05) is 17.1 Å². The van der Waals surface area contributed by atoms with Gasteiger partial charge in [0.25, 0.3) is 0 Å². The van der Waals surface area contributed by atoms with E-state index >= 15 is 0 Å². The molecule has 1 atom stereocenters. The number of hydrogen-bond acceptors (Lipinski definition) is 4. The number of sulfonamides is 1. The molecule has 0 aliphatic heterocycles. The van der Waals surface area contributed by atoms with Gasteiger partial charge in [-0.05, 0) is 44.0 Å². The largest absolute Gasteiger partial charge is 0.352 e. The maximum Gasteiger partial charge on any atom is 0.244 e. The van der Waals surface area contributed by atoms with Gasteiger partial charge in [0.15, 0.2) is 0 Å². The summed E-state index contributed by atoms with van der Waals surface area (Å²) >= 11 is 6.32. The predicted molar refractivity (Wildman–Crippen MR) is 153 cm³/mol. The number of halogens is 1. The lowest BCUT2D eigenvalue weighted by atomic mass is 10.0. The van der Waals surface area contributed by atoms with Crippen LogP contribution in [0.4, 0.5) is 5.69 Å². The zero-order chi connectivity index (χ0) is 27.9. The van der Waals surface area contributed by atoms with E-state index in [0.29, 0.717) is 0 Å². The molecule has 3 aromatic rings. The molecule has 0 aliphatic carbocycles. The van der Waals surface area contributed by atoms with Crippen LogP contribution in [0.5, 0.6) is 0 Å². The summed E-state index contributed by atoms with van der Waals surface area (Å²) in [5, 5.41) is 3.13. The molecular formula is C29H34ClN3O4S. The highest BCUT2D eigenvalue weighted by atomic mass is 35.5. The molecule has 0 unspecified atom stereocenters. The Balaban J connectivity index is 2.06. The molecule has 0 saturated carbocycles. The minimum Gasteiger partial charge on any atom is -0.352 e. The fourth-order valence-corrected chi connectivity index (χ4v) is 5.22. The Hall–Kier alpha value is -3.36. The normalized spacial score (nSPS) is 12.2. The van der Waals surface area contributed by atoms with Gasteiger partial charge in [-0.25, -0.2) is 8.42 Å². The second-order valence-corrected chi connectivity index (χ2v) is 11.9. The molecule has 0 fully saturated rings. The van der Waals surface area contributed by atoms with Crippen molar-refractivity contribution >= 4 is 39.1 Å². The number of hydrogen-bond donors (Lipinski definition) is 1. The summed E-state index contributed by atoms with van der Waals surface area (Å²) in [6.07, 6.45) is 1.29. The molecule has 3 aromatic carbocycles. The molecule has 0 spiro atoms. The molecule has 0 saturated heterocycles. The van der Waals surface area contributed by atoms with Crippen molar-refractivity contribution in [1.82, 2.24) is 10.2 Å². The summed E-state index contributed by atoms with van der Waals surface area (Å²) in [7, 11) is -3.87. The first-order chi connectivity index (χ1) is 18.0. The highest BCUT2D eigenvalue weighted by Crippen LogP contribution is 2.27. The Kier molecular flexibility index (Phi) is 9.94. The monoisotopic (exact) mass is 555 g/mol. The lowest BCUT2D eigenvalue weighted by Crippen LogP contribution is -2.54. The Bertz CT molecular complexity index is 1350. The Labute approximate surface area is 230 Å². The molecule has 9 heteroatoms. The summed E-state index contributed by atoms with van der Waals surface area (Å²) < 4.78 is 26.6. The third-order valence-electron chi connectivity index (χ3n) is 5.98. The van der Waals surface area contributed by atoms with Crippen LogP contribution in [-0.2, 0) is 32.6 Å². The van der Waals surface area contributed by atoms with Gasteiger partial charge in [-0.15, -0.1) is 0 Å². The summed E-state index contributed by atoms with van der Waals surface area (Å²) in [5.74, 6) is -0.830. The molecule has 0 aromatic heterocycles. The molecule has 38 heavy (non-hydrogen) atoms. The van der Waals surface area contributed by atoms with Gasteiger partial charge in [-0.1, -0.05) is 83.9 Å². The molecule has 0 bridgehead atoms. The van der Waals surface area contributed by atoms with Crippen LogP contribution in [0.15, 0.2) is 78.9 Å². The van der Waals surface area contributed by atoms with Crippen molar-refractivity contribution < 1.29 is 18.0 Å². The first-order valence-electron chi connectivity index (χ1n) is 12.4. The Morgan fingerprint density at radius 1 is 0.895 bits per heavy atom. The third-order valence-corrected chi connectivity index (χ3v) is 7.42. The molecule has 0 aliphatic rings. The standard InChI is InChI=1S/C29H34ClN3O4S/c1-21(2)31-29(35)27(18-23-10-6-5-7-11-23)32(19-24-16-14-22(3)15-17-24)28(34)20-33(38(4,36)37)26-13-9-8-12-25(26)30/h5-17,21,27H,18-20H2,1-4H3,(H,31,35)/t27-/m0/s1. The number of para-hydroxylation sites is 1. The molecule has 2 amide bonds. The van der Waals surface area contributed by atoms with E-state index in [2.05, 4.69) is 5.32 Å². The second-order valence-electron chi connectivity index (χ2n) is 9.60. The van der Waals surface area contributed by atoms with Gasteiger partial charge in [0.1, 0.15) is 12.6 Å². The number of carbonyl (C=O) groups is 2. The van der Waals surface area contributed by atoms with Crippen molar-refractivity contribution in [2.45, 2.75) is 45.8 Å². The fraction of sp³-hybridized carbons (Fsp3) is 0.310. The van der Waals surface area contributed by atoms with Gasteiger partial charge < -0.3 is 10.2 Å². The number of aryl methyl sites for hydroxylation is 1. The van der Waals surface area contributed by atoms with Crippen molar-refractivity contribution in [2.24, 2.45) is 0 Å². The van der Waals surface area contributed by atoms with Crippen LogP contribution in [0.1, 0.15) is 30.5 Å². The lowest BCUT2D eigenvalue weighted by molar-refractivity contribution is -0.140. The number of rotatable bonds is 11. The van der Waals surface area contributed by atoms with Gasteiger partial charge in [0, 0.05) is 19.0 Å². The average Bonchev–Trinajstić information content (AvgIpc) is 2.85.